The van der Waals surface area contributed by atoms with Gasteiger partial charge in [0.15, 0.2) is 17.3 Å². The summed E-state index contributed by atoms with van der Waals surface area (Å²) in [5, 5.41) is 23.5. The molecule has 0 bridgehead atoms. The molecule has 2 aromatic heterocycles. The van der Waals surface area contributed by atoms with Crippen molar-refractivity contribution >= 4 is 18.4 Å². The fraction of sp³-hybridized carbons (Fsp3) is 0.0833. The number of benzene rings is 1. The molecule has 0 aliphatic carbocycles. The summed E-state index contributed by atoms with van der Waals surface area (Å²) in [5.41, 5.74) is 1.35. The van der Waals surface area contributed by atoms with Crippen molar-refractivity contribution in [2.45, 2.75) is 11.9 Å². The van der Waals surface area contributed by atoms with E-state index in [4.69, 9.17) is 12.6 Å². The summed E-state index contributed by atoms with van der Waals surface area (Å²) >= 11 is 5.18. The van der Waals surface area contributed by atoms with Gasteiger partial charge in [-0.05, 0) is 31.2 Å². The first-order valence-electron chi connectivity index (χ1n) is 5.48. The number of hydrogen-bond donors (Lipinski definition) is 2. The van der Waals surface area contributed by atoms with Crippen LogP contribution in [0.2, 0.25) is 0 Å². The van der Waals surface area contributed by atoms with Crippen LogP contribution >= 0.6 is 12.6 Å². The van der Waals surface area contributed by atoms with Crippen LogP contribution in [0.15, 0.2) is 29.3 Å². The second-order valence-corrected chi connectivity index (χ2v) is 4.50. The van der Waals surface area contributed by atoms with Gasteiger partial charge in [0.25, 0.3) is 5.78 Å². The molecule has 3 aromatic rings. The van der Waals surface area contributed by atoms with E-state index >= 15 is 0 Å². The minimum atomic E-state index is -0.223. The Kier molecular flexibility index (Phi) is 2.49. The largest absolute Gasteiger partial charge is 0.504 e. The van der Waals surface area contributed by atoms with E-state index in [1.165, 1.54) is 16.6 Å². The molecule has 2 heterocycles. The predicted octanol–water partition coefficient (Wildman–Crippen LogP) is 2.07. The Labute approximate surface area is 113 Å². The molecule has 3 rings (SSSR count). The summed E-state index contributed by atoms with van der Waals surface area (Å²) < 4.78 is 1.46. The quantitative estimate of drug-likeness (QED) is 0.524. The minimum Gasteiger partial charge on any atom is -0.504 e. The lowest BCUT2D eigenvalue weighted by Gasteiger charge is -1.98. The molecule has 0 saturated carbocycles. The van der Waals surface area contributed by atoms with E-state index in [0.717, 1.165) is 5.69 Å². The van der Waals surface area contributed by atoms with Crippen LogP contribution in [0.1, 0.15) is 5.69 Å². The van der Waals surface area contributed by atoms with E-state index in [1.807, 2.05) is 6.92 Å². The second kappa shape index (κ2) is 4.06. The number of phenols is 2. The van der Waals surface area contributed by atoms with Gasteiger partial charge in [-0.3, -0.25) is 0 Å². The van der Waals surface area contributed by atoms with Gasteiger partial charge in [0.05, 0.1) is 0 Å². The van der Waals surface area contributed by atoms with E-state index in [0.29, 0.717) is 22.2 Å². The first kappa shape index (κ1) is 11.7. The Morgan fingerprint density at radius 3 is 2.63 bits per heavy atom. The summed E-state index contributed by atoms with van der Waals surface area (Å²) in [6.07, 6.45) is 0. The highest BCUT2D eigenvalue weighted by Crippen LogP contribution is 2.29. The van der Waals surface area contributed by atoms with Crippen LogP contribution in [-0.4, -0.2) is 29.8 Å². The van der Waals surface area contributed by atoms with Crippen molar-refractivity contribution in [2.75, 3.05) is 0 Å². The van der Waals surface area contributed by atoms with Crippen molar-refractivity contribution < 1.29 is 10.2 Å². The first-order chi connectivity index (χ1) is 9.04. The highest BCUT2D eigenvalue weighted by atomic mass is 32.1. The number of fused-ring (bicyclic) bond motifs is 1. The van der Waals surface area contributed by atoms with Gasteiger partial charge in [-0.2, -0.15) is 9.50 Å². The monoisotopic (exact) mass is 273 g/mol. The lowest BCUT2D eigenvalue weighted by atomic mass is 10.2. The Hall–Kier alpha value is -2.41. The molecule has 0 aliphatic rings. The third-order valence-corrected chi connectivity index (χ3v) is 2.93. The Balaban J connectivity index is 2.20. The summed E-state index contributed by atoms with van der Waals surface area (Å²) in [6, 6.07) is 6.11. The van der Waals surface area contributed by atoms with Crippen molar-refractivity contribution in [2.24, 2.45) is 0 Å². The lowest BCUT2D eigenvalue weighted by molar-refractivity contribution is 0.404. The molecule has 0 saturated heterocycles. The molecular formula is C12H9N4O2S. The lowest BCUT2D eigenvalue weighted by Crippen LogP contribution is -1.95. The van der Waals surface area contributed by atoms with Gasteiger partial charge in [-0.15, -0.1) is 5.10 Å². The standard InChI is InChI=1S/C12H9N4O2S/c1-6-4-10(19)16-12(13-6)14-11(15-16)7-2-3-8(17)9(18)5-7/h2-5,17-18H,1H3. The molecule has 1 aromatic carbocycles. The molecule has 95 valence electrons. The maximum atomic E-state index is 9.49. The normalized spacial score (nSPS) is 11.0. The molecule has 19 heavy (non-hydrogen) atoms. The molecule has 2 N–H and O–H groups in total. The van der Waals surface area contributed by atoms with Crippen LogP contribution in [0.5, 0.6) is 11.5 Å². The van der Waals surface area contributed by atoms with Crippen LogP contribution in [0, 0.1) is 6.92 Å². The van der Waals surface area contributed by atoms with Gasteiger partial charge < -0.3 is 10.2 Å². The zero-order valence-electron chi connectivity index (χ0n) is 9.90. The van der Waals surface area contributed by atoms with Crippen molar-refractivity contribution in [3.8, 4) is 22.9 Å². The van der Waals surface area contributed by atoms with Gasteiger partial charge >= 0.3 is 0 Å². The number of aryl methyl sites for hydroxylation is 1. The second-order valence-electron chi connectivity index (χ2n) is 4.09. The van der Waals surface area contributed by atoms with Gasteiger partial charge in [0.1, 0.15) is 5.03 Å². The Bertz CT molecular complexity index is 785. The van der Waals surface area contributed by atoms with E-state index in [2.05, 4.69) is 15.1 Å². The number of rotatable bonds is 1. The molecular weight excluding hydrogens is 264 g/mol. The van der Waals surface area contributed by atoms with Crippen molar-refractivity contribution in [1.29, 1.82) is 0 Å². The topological polar surface area (TPSA) is 83.5 Å². The zero-order valence-corrected chi connectivity index (χ0v) is 10.7. The number of hydrogen-bond acceptors (Lipinski definition) is 5. The molecule has 0 atom stereocenters. The molecule has 0 amide bonds. The molecule has 7 heteroatoms. The Morgan fingerprint density at radius 2 is 1.89 bits per heavy atom. The third-order valence-electron chi connectivity index (χ3n) is 2.64. The summed E-state index contributed by atoms with van der Waals surface area (Å²) in [7, 11) is 0. The summed E-state index contributed by atoms with van der Waals surface area (Å²) in [5.74, 6) is 0.386. The molecule has 6 nitrogen and oxygen atoms in total. The van der Waals surface area contributed by atoms with E-state index in [1.54, 1.807) is 12.1 Å². The van der Waals surface area contributed by atoms with Crippen LogP contribution in [0.3, 0.4) is 0 Å². The molecule has 0 fully saturated rings. The smallest absolute Gasteiger partial charge is 0.254 e. The number of phenolic OH excluding ortho intramolecular Hbond substituents is 2. The maximum Gasteiger partial charge on any atom is 0.254 e. The van der Waals surface area contributed by atoms with Crippen LogP contribution in [0.4, 0.5) is 0 Å². The predicted molar refractivity (Wildman–Crippen MR) is 70.1 cm³/mol. The van der Waals surface area contributed by atoms with Crippen molar-refractivity contribution in [1.82, 2.24) is 19.6 Å². The average molecular weight is 273 g/mol. The molecule has 1 radical (unpaired) electrons. The van der Waals surface area contributed by atoms with Gasteiger partial charge in [-0.25, -0.2) is 4.98 Å². The molecule has 0 spiro atoms. The number of aromatic nitrogens is 4. The zero-order chi connectivity index (χ0) is 13.6. The molecule has 0 aliphatic heterocycles. The van der Waals surface area contributed by atoms with Crippen molar-refractivity contribution in [3.05, 3.63) is 30.0 Å². The third kappa shape index (κ3) is 1.93. The fourth-order valence-electron chi connectivity index (χ4n) is 1.74. The average Bonchev–Trinajstić information content (AvgIpc) is 2.76. The summed E-state index contributed by atoms with van der Waals surface area (Å²) in [6.45, 7) is 1.83. The van der Waals surface area contributed by atoms with E-state index in [9.17, 15) is 10.2 Å². The van der Waals surface area contributed by atoms with E-state index < -0.39 is 0 Å². The van der Waals surface area contributed by atoms with Gasteiger partial charge in [0, 0.05) is 11.3 Å². The first-order valence-corrected chi connectivity index (χ1v) is 5.89. The fourth-order valence-corrected chi connectivity index (χ4v) is 2.03. The summed E-state index contributed by atoms with van der Waals surface area (Å²) in [4.78, 5) is 8.49. The van der Waals surface area contributed by atoms with Gasteiger partial charge in [0.2, 0.25) is 0 Å². The van der Waals surface area contributed by atoms with Crippen LogP contribution in [-0.2, 0) is 0 Å². The van der Waals surface area contributed by atoms with Crippen LogP contribution < -0.4 is 0 Å². The SMILES string of the molecule is Cc1cc([S])n2nc(-c3ccc(O)c(O)c3)nc2n1. The van der Waals surface area contributed by atoms with Crippen LogP contribution in [0.25, 0.3) is 17.2 Å². The minimum absolute atomic E-state index is 0.189. The van der Waals surface area contributed by atoms with Crippen molar-refractivity contribution in [3.63, 3.8) is 0 Å². The highest BCUT2D eigenvalue weighted by molar-refractivity contribution is 7.80. The van der Waals surface area contributed by atoms with E-state index in [-0.39, 0.29) is 11.5 Å². The number of aromatic hydroxyl groups is 2. The Morgan fingerprint density at radius 1 is 1.11 bits per heavy atom. The molecule has 0 unspecified atom stereocenters. The highest BCUT2D eigenvalue weighted by Gasteiger charge is 2.11. The maximum absolute atomic E-state index is 9.49. The number of nitrogens with zero attached hydrogens (tertiary/aromatic N) is 4. The van der Waals surface area contributed by atoms with Gasteiger partial charge in [-0.1, -0.05) is 12.6 Å².